The molecule has 0 aliphatic rings. The van der Waals surface area contributed by atoms with E-state index in [0.717, 1.165) is 24.6 Å². The molecule has 0 saturated heterocycles. The van der Waals surface area contributed by atoms with E-state index in [2.05, 4.69) is 19.2 Å². The third kappa shape index (κ3) is 5.32. The predicted octanol–water partition coefficient (Wildman–Crippen LogP) is 2.84. The van der Waals surface area contributed by atoms with Gasteiger partial charge in [-0.25, -0.2) is 0 Å². The Morgan fingerprint density at radius 3 is 2.22 bits per heavy atom. The quantitative estimate of drug-likeness (QED) is 0.745. The molecule has 0 fully saturated rings. The first-order chi connectivity index (χ1) is 8.65. The van der Waals surface area contributed by atoms with E-state index in [1.54, 1.807) is 0 Å². The molecular formula is C15H23NO2. The van der Waals surface area contributed by atoms with E-state index in [4.69, 9.17) is 5.11 Å². The smallest absolute Gasteiger partial charge is 0.307 e. The fourth-order valence-corrected chi connectivity index (χ4v) is 1.95. The van der Waals surface area contributed by atoms with Crippen LogP contribution in [0.25, 0.3) is 0 Å². The lowest BCUT2D eigenvalue weighted by Gasteiger charge is -2.13. The van der Waals surface area contributed by atoms with E-state index < -0.39 is 5.97 Å². The zero-order chi connectivity index (χ0) is 13.4. The van der Waals surface area contributed by atoms with Gasteiger partial charge in [0, 0.05) is 6.54 Å². The first kappa shape index (κ1) is 14.7. The molecule has 18 heavy (non-hydrogen) atoms. The van der Waals surface area contributed by atoms with Crippen molar-refractivity contribution in [2.45, 2.75) is 39.7 Å². The number of hydrogen-bond acceptors (Lipinski definition) is 2. The van der Waals surface area contributed by atoms with E-state index in [1.165, 1.54) is 18.4 Å². The molecule has 0 amide bonds. The maximum Gasteiger partial charge on any atom is 0.307 e. The third-order valence-corrected chi connectivity index (χ3v) is 3.30. The van der Waals surface area contributed by atoms with Crippen molar-refractivity contribution < 1.29 is 9.90 Å². The number of aliphatic carboxylic acids is 1. The van der Waals surface area contributed by atoms with Crippen molar-refractivity contribution in [2.24, 2.45) is 5.92 Å². The summed E-state index contributed by atoms with van der Waals surface area (Å²) in [5.41, 5.74) is 2.06. The van der Waals surface area contributed by atoms with Crippen LogP contribution in [0.15, 0.2) is 24.3 Å². The van der Waals surface area contributed by atoms with Crippen LogP contribution in [0.3, 0.4) is 0 Å². The van der Waals surface area contributed by atoms with E-state index in [0.29, 0.717) is 0 Å². The van der Waals surface area contributed by atoms with Gasteiger partial charge in [-0.1, -0.05) is 51.0 Å². The second-order valence-electron chi connectivity index (χ2n) is 4.70. The molecule has 100 valence electrons. The Hall–Kier alpha value is -1.35. The molecule has 0 spiro atoms. The van der Waals surface area contributed by atoms with Crippen molar-refractivity contribution in [1.29, 1.82) is 0 Å². The molecule has 0 heterocycles. The Labute approximate surface area is 109 Å². The summed E-state index contributed by atoms with van der Waals surface area (Å²) in [4.78, 5) is 10.6. The average molecular weight is 249 g/mol. The lowest BCUT2D eigenvalue weighted by molar-refractivity contribution is -0.136. The Morgan fingerprint density at radius 1 is 1.17 bits per heavy atom. The summed E-state index contributed by atoms with van der Waals surface area (Å²) in [7, 11) is 0. The summed E-state index contributed by atoms with van der Waals surface area (Å²) < 4.78 is 0. The number of rotatable bonds is 8. The minimum Gasteiger partial charge on any atom is -0.481 e. The van der Waals surface area contributed by atoms with Crippen molar-refractivity contribution in [2.75, 3.05) is 6.54 Å². The third-order valence-electron chi connectivity index (χ3n) is 3.30. The molecule has 0 saturated carbocycles. The zero-order valence-electron chi connectivity index (χ0n) is 11.3. The molecule has 0 aromatic heterocycles. The highest BCUT2D eigenvalue weighted by atomic mass is 16.4. The zero-order valence-corrected chi connectivity index (χ0v) is 11.3. The molecule has 1 aromatic carbocycles. The summed E-state index contributed by atoms with van der Waals surface area (Å²) in [5, 5.41) is 12.1. The van der Waals surface area contributed by atoms with Gasteiger partial charge in [0.15, 0.2) is 0 Å². The van der Waals surface area contributed by atoms with E-state index in [9.17, 15) is 4.79 Å². The Morgan fingerprint density at radius 2 is 1.72 bits per heavy atom. The first-order valence-electron chi connectivity index (χ1n) is 6.66. The van der Waals surface area contributed by atoms with Gasteiger partial charge in [0.25, 0.3) is 0 Å². The molecule has 0 unspecified atom stereocenters. The molecule has 0 aliphatic carbocycles. The maximum absolute atomic E-state index is 10.6. The standard InChI is InChI=1S/C15H23NO2/c1-3-12(4-2)10-16-11-14-7-5-13(6-8-14)9-15(17)18/h5-8,12,16H,3-4,9-11H2,1-2H3,(H,17,18). The van der Waals surface area contributed by atoms with Crippen LogP contribution in [0.2, 0.25) is 0 Å². The number of hydrogen-bond donors (Lipinski definition) is 2. The Balaban J connectivity index is 2.37. The van der Waals surface area contributed by atoms with Gasteiger partial charge in [-0.2, -0.15) is 0 Å². The fourth-order valence-electron chi connectivity index (χ4n) is 1.95. The highest BCUT2D eigenvalue weighted by Gasteiger charge is 2.03. The fraction of sp³-hybridized carbons (Fsp3) is 0.533. The van der Waals surface area contributed by atoms with Crippen LogP contribution < -0.4 is 5.32 Å². The van der Waals surface area contributed by atoms with Gasteiger partial charge < -0.3 is 10.4 Å². The SMILES string of the molecule is CCC(CC)CNCc1ccc(CC(=O)O)cc1. The van der Waals surface area contributed by atoms with E-state index in [1.807, 2.05) is 24.3 Å². The molecule has 0 atom stereocenters. The predicted molar refractivity (Wildman–Crippen MR) is 73.6 cm³/mol. The van der Waals surface area contributed by atoms with Gasteiger partial charge in [-0.05, 0) is 23.6 Å². The topological polar surface area (TPSA) is 49.3 Å². The second kappa shape index (κ2) is 7.88. The van der Waals surface area contributed by atoms with Crippen LogP contribution in [-0.4, -0.2) is 17.6 Å². The monoisotopic (exact) mass is 249 g/mol. The molecule has 3 nitrogen and oxygen atoms in total. The highest BCUT2D eigenvalue weighted by Crippen LogP contribution is 2.07. The molecule has 0 bridgehead atoms. The first-order valence-corrected chi connectivity index (χ1v) is 6.66. The molecular weight excluding hydrogens is 226 g/mol. The van der Waals surface area contributed by atoms with E-state index in [-0.39, 0.29) is 6.42 Å². The lowest BCUT2D eigenvalue weighted by Crippen LogP contribution is -2.21. The van der Waals surface area contributed by atoms with Gasteiger partial charge in [-0.15, -0.1) is 0 Å². The normalized spacial score (nSPS) is 10.8. The van der Waals surface area contributed by atoms with Crippen molar-refractivity contribution in [3.05, 3.63) is 35.4 Å². The number of carbonyl (C=O) groups is 1. The minimum atomic E-state index is -0.783. The average Bonchev–Trinajstić information content (AvgIpc) is 2.36. The van der Waals surface area contributed by atoms with Crippen molar-refractivity contribution in [1.82, 2.24) is 5.32 Å². The summed E-state index contributed by atoms with van der Waals surface area (Å²) >= 11 is 0. The van der Waals surface area contributed by atoms with Crippen LogP contribution in [0.4, 0.5) is 0 Å². The van der Waals surface area contributed by atoms with Crippen molar-refractivity contribution >= 4 is 5.97 Å². The van der Waals surface area contributed by atoms with Gasteiger partial charge in [-0.3, -0.25) is 4.79 Å². The molecule has 0 radical (unpaired) electrons. The van der Waals surface area contributed by atoms with Crippen LogP contribution in [0.1, 0.15) is 37.8 Å². The van der Waals surface area contributed by atoms with Crippen LogP contribution in [0, 0.1) is 5.92 Å². The van der Waals surface area contributed by atoms with Gasteiger partial charge in [0.2, 0.25) is 0 Å². The van der Waals surface area contributed by atoms with Gasteiger partial charge >= 0.3 is 5.97 Å². The highest BCUT2D eigenvalue weighted by molar-refractivity contribution is 5.70. The molecule has 1 rings (SSSR count). The Kier molecular flexibility index (Phi) is 6.44. The minimum absolute atomic E-state index is 0.0987. The largest absolute Gasteiger partial charge is 0.481 e. The van der Waals surface area contributed by atoms with Gasteiger partial charge in [0.1, 0.15) is 0 Å². The Bertz CT molecular complexity index is 355. The molecule has 3 heteroatoms. The van der Waals surface area contributed by atoms with Crippen LogP contribution >= 0.6 is 0 Å². The summed E-state index contributed by atoms with van der Waals surface area (Å²) in [6.07, 6.45) is 2.52. The number of carboxylic acids is 1. The maximum atomic E-state index is 10.6. The number of benzene rings is 1. The van der Waals surface area contributed by atoms with E-state index >= 15 is 0 Å². The summed E-state index contributed by atoms with van der Waals surface area (Å²) in [5.74, 6) is -0.0362. The second-order valence-corrected chi connectivity index (χ2v) is 4.70. The summed E-state index contributed by atoms with van der Waals surface area (Å²) in [6.45, 7) is 6.33. The lowest BCUT2D eigenvalue weighted by atomic mass is 10.0. The number of nitrogens with one attached hydrogen (secondary N) is 1. The molecule has 0 aliphatic heterocycles. The molecule has 2 N–H and O–H groups in total. The van der Waals surface area contributed by atoms with Crippen molar-refractivity contribution in [3.63, 3.8) is 0 Å². The van der Waals surface area contributed by atoms with Crippen molar-refractivity contribution in [3.8, 4) is 0 Å². The van der Waals surface area contributed by atoms with Gasteiger partial charge in [0.05, 0.1) is 6.42 Å². The number of carboxylic acid groups (broad SMARTS) is 1. The summed E-state index contributed by atoms with van der Waals surface area (Å²) in [6, 6.07) is 7.78. The van der Waals surface area contributed by atoms with Crippen LogP contribution in [0.5, 0.6) is 0 Å². The molecule has 1 aromatic rings. The van der Waals surface area contributed by atoms with Crippen LogP contribution in [-0.2, 0) is 17.8 Å².